The Bertz CT molecular complexity index is 1580. The molecule has 2 aromatic carbocycles. The lowest BCUT2D eigenvalue weighted by Gasteiger charge is -2.32. The fourth-order valence-corrected chi connectivity index (χ4v) is 9.25. The van der Waals surface area contributed by atoms with Crippen LogP contribution in [0.25, 0.3) is 21.2 Å². The number of carboxylic acids is 1. The van der Waals surface area contributed by atoms with E-state index in [0.717, 1.165) is 40.7 Å². The minimum Gasteiger partial charge on any atom is -0.481 e. The lowest BCUT2D eigenvalue weighted by atomic mass is 9.80. The van der Waals surface area contributed by atoms with Crippen LogP contribution >= 0.6 is 22.9 Å². The Balaban J connectivity index is 1.57. The number of carboxylic acid groups (broad SMARTS) is 1. The van der Waals surface area contributed by atoms with Gasteiger partial charge in [0.25, 0.3) is 5.91 Å². The zero-order valence-electron chi connectivity index (χ0n) is 23.6. The fourth-order valence-electron chi connectivity index (χ4n) is 6.02. The summed E-state index contributed by atoms with van der Waals surface area (Å²) in [6.07, 6.45) is 7.39. The van der Waals surface area contributed by atoms with Crippen LogP contribution in [0.2, 0.25) is 5.02 Å². The lowest BCUT2D eigenvalue weighted by molar-refractivity contribution is -0.145. The molecule has 220 valence electrons. The number of thiophene rings is 1. The summed E-state index contributed by atoms with van der Waals surface area (Å²) < 4.78 is 29.5. The van der Waals surface area contributed by atoms with Gasteiger partial charge in [-0.3, -0.25) is 9.59 Å². The Hall–Kier alpha value is -2.46. The molecule has 2 aliphatic rings. The normalized spacial score (nSPS) is 20.1. The number of sulfonamides is 1. The number of rotatable bonds is 8. The Morgan fingerprint density at radius 2 is 1.68 bits per heavy atom. The molecule has 1 heterocycles. The van der Waals surface area contributed by atoms with Gasteiger partial charge in [0.05, 0.1) is 15.8 Å². The van der Waals surface area contributed by atoms with Gasteiger partial charge in [0.1, 0.15) is 4.88 Å². The molecule has 1 aromatic heterocycles. The third-order valence-corrected chi connectivity index (χ3v) is 11.7. The summed E-state index contributed by atoms with van der Waals surface area (Å²) in [6.45, 7) is 5.43. The summed E-state index contributed by atoms with van der Waals surface area (Å²) in [5, 5.41) is 14.0. The molecule has 10 heteroatoms. The minimum atomic E-state index is -3.79. The van der Waals surface area contributed by atoms with Crippen LogP contribution in [0.5, 0.6) is 0 Å². The van der Waals surface area contributed by atoms with Crippen LogP contribution in [0, 0.1) is 11.8 Å². The molecule has 0 saturated heterocycles. The van der Waals surface area contributed by atoms with Crippen molar-refractivity contribution in [3.8, 4) is 10.4 Å². The van der Waals surface area contributed by atoms with Crippen molar-refractivity contribution in [2.75, 3.05) is 0 Å². The van der Waals surface area contributed by atoms with Gasteiger partial charge >= 0.3 is 5.97 Å². The smallest absolute Gasteiger partial charge is 0.306 e. The van der Waals surface area contributed by atoms with Gasteiger partial charge in [-0.1, -0.05) is 74.0 Å². The van der Waals surface area contributed by atoms with Crippen molar-refractivity contribution in [2.24, 2.45) is 11.8 Å². The van der Waals surface area contributed by atoms with Crippen molar-refractivity contribution in [2.45, 2.75) is 88.6 Å². The molecule has 3 N–H and O–H groups in total. The van der Waals surface area contributed by atoms with Crippen LogP contribution in [0.3, 0.4) is 0 Å². The van der Waals surface area contributed by atoms with E-state index < -0.39 is 27.4 Å². The second-order valence-electron chi connectivity index (χ2n) is 12.5. The molecule has 41 heavy (non-hydrogen) atoms. The quantitative estimate of drug-likeness (QED) is 0.252. The monoisotopic (exact) mass is 616 g/mol. The Kier molecular flexibility index (Phi) is 8.54. The first-order valence-electron chi connectivity index (χ1n) is 14.2. The van der Waals surface area contributed by atoms with Crippen LogP contribution in [0.15, 0.2) is 41.3 Å². The number of hydrogen-bond acceptors (Lipinski definition) is 5. The van der Waals surface area contributed by atoms with E-state index >= 15 is 0 Å². The maximum Gasteiger partial charge on any atom is 0.306 e. The van der Waals surface area contributed by atoms with E-state index in [-0.39, 0.29) is 16.8 Å². The number of nitrogens with one attached hydrogen (secondary N) is 2. The Morgan fingerprint density at radius 3 is 2.32 bits per heavy atom. The molecule has 3 aromatic rings. The van der Waals surface area contributed by atoms with Crippen LogP contribution in [-0.2, 0) is 21.2 Å². The molecular formula is C31H37ClN2O5S2. The van der Waals surface area contributed by atoms with Gasteiger partial charge in [0.15, 0.2) is 0 Å². The maximum absolute atomic E-state index is 13.4. The average Bonchev–Trinajstić information content (AvgIpc) is 3.19. The van der Waals surface area contributed by atoms with Gasteiger partial charge in [-0.2, -0.15) is 0 Å². The first kappa shape index (κ1) is 30.0. The second kappa shape index (κ2) is 11.7. The highest BCUT2D eigenvalue weighted by Gasteiger charge is 2.36. The molecule has 2 aliphatic carbocycles. The molecule has 0 bridgehead atoms. The maximum atomic E-state index is 13.4. The van der Waals surface area contributed by atoms with E-state index in [4.69, 9.17) is 11.6 Å². The minimum absolute atomic E-state index is 0.187. The van der Waals surface area contributed by atoms with E-state index in [2.05, 4.69) is 10.0 Å². The van der Waals surface area contributed by atoms with Crippen molar-refractivity contribution >= 4 is 55.6 Å². The SMILES string of the molecule is CC(C)(C)NS(=O)(=O)c1ccc(-c2sc(C(=O)N[C@H]3C[C@H](C(=O)O)C3)c(Cl)c2CC2CCCCC2)c2ccccc12. The number of fused-ring (bicyclic) bond motifs is 1. The van der Waals surface area contributed by atoms with Gasteiger partial charge in [-0.25, -0.2) is 13.1 Å². The number of carbonyl (C=O) groups is 2. The van der Waals surface area contributed by atoms with Crippen molar-refractivity contribution in [3.63, 3.8) is 0 Å². The highest BCUT2D eigenvalue weighted by Crippen LogP contribution is 2.45. The van der Waals surface area contributed by atoms with E-state index in [1.165, 1.54) is 30.6 Å². The molecule has 0 aliphatic heterocycles. The molecule has 1 amide bonds. The number of benzene rings is 2. The zero-order chi connectivity index (χ0) is 29.5. The number of hydrogen-bond donors (Lipinski definition) is 3. The number of carbonyl (C=O) groups excluding carboxylic acids is 1. The topological polar surface area (TPSA) is 113 Å². The third kappa shape index (κ3) is 6.48. The Labute approximate surface area is 250 Å². The van der Waals surface area contributed by atoms with Crippen molar-refractivity contribution in [1.29, 1.82) is 0 Å². The highest BCUT2D eigenvalue weighted by molar-refractivity contribution is 7.89. The van der Waals surface area contributed by atoms with Crippen molar-refractivity contribution in [3.05, 3.63) is 51.9 Å². The first-order valence-corrected chi connectivity index (χ1v) is 16.9. The molecule has 0 atom stereocenters. The molecule has 5 rings (SSSR count). The molecule has 0 spiro atoms. The van der Waals surface area contributed by atoms with Gasteiger partial charge in [0, 0.05) is 21.8 Å². The van der Waals surface area contributed by atoms with Gasteiger partial charge in [-0.15, -0.1) is 11.3 Å². The summed E-state index contributed by atoms with van der Waals surface area (Å²) in [5.74, 6) is -1.08. The standard InChI is InChI=1S/C31H37ClN2O5S2/c1-31(2,3)34-41(38,39)25-14-13-23(21-11-7-8-12-22(21)25)27-24(15-18-9-5-4-6-10-18)26(32)28(40-27)29(35)33-20-16-19(17-20)30(36)37/h7-8,11-14,18-20,34H,4-6,9-10,15-17H2,1-3H3,(H,33,35)(H,36,37)/t19-,20-. The zero-order valence-corrected chi connectivity index (χ0v) is 26.0. The first-order chi connectivity index (χ1) is 19.3. The van der Waals surface area contributed by atoms with E-state index in [1.807, 2.05) is 51.1 Å². The van der Waals surface area contributed by atoms with E-state index in [0.29, 0.717) is 34.0 Å². The van der Waals surface area contributed by atoms with E-state index in [1.54, 1.807) is 6.07 Å². The van der Waals surface area contributed by atoms with Crippen LogP contribution < -0.4 is 10.0 Å². The van der Waals surface area contributed by atoms with Crippen LogP contribution in [0.4, 0.5) is 0 Å². The molecule has 2 saturated carbocycles. The summed E-state index contributed by atoms with van der Waals surface area (Å²) in [5.41, 5.74) is 1.14. The van der Waals surface area contributed by atoms with Gasteiger partial charge in [0.2, 0.25) is 10.0 Å². The predicted molar refractivity (Wildman–Crippen MR) is 164 cm³/mol. The predicted octanol–water partition coefficient (Wildman–Crippen LogP) is 7.01. The Morgan fingerprint density at radius 1 is 1.02 bits per heavy atom. The van der Waals surface area contributed by atoms with Crippen LogP contribution in [0.1, 0.15) is 81.0 Å². The van der Waals surface area contributed by atoms with Crippen LogP contribution in [-0.4, -0.2) is 37.0 Å². The summed E-state index contributed by atoms with van der Waals surface area (Å²) in [6, 6.07) is 10.7. The van der Waals surface area contributed by atoms with Crippen molar-refractivity contribution < 1.29 is 23.1 Å². The summed E-state index contributed by atoms with van der Waals surface area (Å²) in [4.78, 5) is 26.1. The van der Waals surface area contributed by atoms with E-state index in [9.17, 15) is 23.1 Å². The summed E-state index contributed by atoms with van der Waals surface area (Å²) in [7, 11) is -3.79. The average molecular weight is 617 g/mol. The lowest BCUT2D eigenvalue weighted by Crippen LogP contribution is -2.46. The molecule has 0 unspecified atom stereocenters. The summed E-state index contributed by atoms with van der Waals surface area (Å²) >= 11 is 8.33. The van der Waals surface area contributed by atoms with Gasteiger partial charge < -0.3 is 10.4 Å². The number of halogens is 1. The second-order valence-corrected chi connectivity index (χ2v) is 15.5. The van der Waals surface area contributed by atoms with Gasteiger partial charge in [-0.05, 0) is 68.5 Å². The number of aliphatic carboxylic acids is 1. The largest absolute Gasteiger partial charge is 0.481 e. The molecule has 2 fully saturated rings. The molecule has 7 nitrogen and oxygen atoms in total. The molecule has 0 radical (unpaired) electrons. The fraction of sp³-hybridized carbons (Fsp3) is 0.484. The van der Waals surface area contributed by atoms with Crippen molar-refractivity contribution in [1.82, 2.24) is 10.0 Å². The molecular weight excluding hydrogens is 580 g/mol. The highest BCUT2D eigenvalue weighted by atomic mass is 35.5. The third-order valence-electron chi connectivity index (χ3n) is 8.05. The number of amides is 1.